The number of amides is 1. The van der Waals surface area contributed by atoms with Crippen LogP contribution in [0.5, 0.6) is 0 Å². The van der Waals surface area contributed by atoms with Gasteiger partial charge in [0.15, 0.2) is 0 Å². The molecule has 1 unspecified atom stereocenters. The van der Waals surface area contributed by atoms with E-state index in [4.69, 9.17) is 0 Å². The molecule has 0 bridgehead atoms. The van der Waals surface area contributed by atoms with E-state index in [2.05, 4.69) is 6.92 Å². The Bertz CT molecular complexity index is 1420. The van der Waals surface area contributed by atoms with E-state index >= 15 is 0 Å². The fourth-order valence-electron chi connectivity index (χ4n) is 4.93. The number of rotatable bonds is 5. The Hall–Kier alpha value is -3.86. The van der Waals surface area contributed by atoms with Crippen molar-refractivity contribution in [2.75, 3.05) is 6.54 Å². The number of benzene rings is 3. The highest BCUT2D eigenvalue weighted by Gasteiger charge is 2.46. The summed E-state index contributed by atoms with van der Waals surface area (Å²) in [6.07, 6.45) is 3.65. The first kappa shape index (κ1) is 21.0. The van der Waals surface area contributed by atoms with Crippen molar-refractivity contribution in [3.05, 3.63) is 89.6 Å². The quantitative estimate of drug-likeness (QED) is 0.252. The summed E-state index contributed by atoms with van der Waals surface area (Å²) in [5.74, 6) is -1.31. The first-order valence-electron chi connectivity index (χ1n) is 11.3. The number of unbranched alkanes of at least 4 members (excludes halogenated alkanes) is 1. The Morgan fingerprint density at radius 3 is 2.42 bits per heavy atom. The minimum Gasteiger partial charge on any atom is -0.507 e. The number of likely N-dealkylation sites (tertiary alicyclic amines) is 1. The molecule has 0 saturated carbocycles. The van der Waals surface area contributed by atoms with Crippen molar-refractivity contribution < 1.29 is 14.7 Å². The van der Waals surface area contributed by atoms with Crippen molar-refractivity contribution >= 4 is 39.1 Å². The second-order valence-corrected chi connectivity index (χ2v) is 8.59. The monoisotopic (exact) mass is 438 g/mol. The molecule has 5 heteroatoms. The van der Waals surface area contributed by atoms with Crippen molar-refractivity contribution in [1.29, 1.82) is 0 Å². The van der Waals surface area contributed by atoms with Crippen LogP contribution in [0.25, 0.3) is 27.4 Å². The van der Waals surface area contributed by atoms with E-state index in [9.17, 15) is 14.7 Å². The third kappa shape index (κ3) is 3.32. The largest absolute Gasteiger partial charge is 0.507 e. The predicted molar refractivity (Wildman–Crippen MR) is 131 cm³/mol. The van der Waals surface area contributed by atoms with E-state index in [-0.39, 0.29) is 11.3 Å². The number of aliphatic hydroxyl groups excluding tert-OH is 1. The minimum absolute atomic E-state index is 0.123. The molecular formula is C28H26N2O3. The summed E-state index contributed by atoms with van der Waals surface area (Å²) in [7, 11) is 1.95. The van der Waals surface area contributed by atoms with Crippen LogP contribution in [-0.4, -0.2) is 32.8 Å². The summed E-state index contributed by atoms with van der Waals surface area (Å²) in [4.78, 5) is 28.1. The summed E-state index contributed by atoms with van der Waals surface area (Å²) in [6, 6.07) is 20.7. The lowest BCUT2D eigenvalue weighted by Crippen LogP contribution is -2.30. The molecule has 0 spiro atoms. The van der Waals surface area contributed by atoms with E-state index in [1.165, 1.54) is 0 Å². The van der Waals surface area contributed by atoms with Crippen molar-refractivity contribution in [1.82, 2.24) is 9.47 Å². The fraction of sp³-hybridized carbons (Fsp3) is 0.214. The molecule has 1 atom stereocenters. The summed E-state index contributed by atoms with van der Waals surface area (Å²) in [5.41, 5.74) is 2.58. The molecule has 3 aromatic carbocycles. The molecule has 1 fully saturated rings. The lowest BCUT2D eigenvalue weighted by Gasteiger charge is -2.25. The van der Waals surface area contributed by atoms with E-state index in [0.717, 1.165) is 40.1 Å². The Kier molecular flexibility index (Phi) is 5.25. The van der Waals surface area contributed by atoms with E-state index in [0.29, 0.717) is 12.1 Å². The molecule has 0 radical (unpaired) electrons. The summed E-state index contributed by atoms with van der Waals surface area (Å²) < 4.78 is 2.00. The first-order valence-corrected chi connectivity index (χ1v) is 11.3. The van der Waals surface area contributed by atoms with Crippen molar-refractivity contribution in [3.63, 3.8) is 0 Å². The molecular weight excluding hydrogens is 412 g/mol. The molecule has 166 valence electrons. The second kappa shape index (κ2) is 8.24. The van der Waals surface area contributed by atoms with E-state index in [1.54, 1.807) is 11.0 Å². The smallest absolute Gasteiger partial charge is 0.295 e. The molecule has 1 amide bonds. The molecule has 2 heterocycles. The average molecular weight is 439 g/mol. The molecule has 4 aromatic rings. The Morgan fingerprint density at radius 2 is 1.64 bits per heavy atom. The van der Waals surface area contributed by atoms with Gasteiger partial charge in [0.05, 0.1) is 11.6 Å². The third-order valence-corrected chi connectivity index (χ3v) is 6.56. The minimum atomic E-state index is -0.637. The van der Waals surface area contributed by atoms with Crippen LogP contribution in [-0.2, 0) is 16.6 Å². The normalized spacial score (nSPS) is 18.0. The van der Waals surface area contributed by atoms with Gasteiger partial charge in [-0.2, -0.15) is 0 Å². The van der Waals surface area contributed by atoms with Gasteiger partial charge in [-0.3, -0.25) is 9.59 Å². The number of carbonyl (C=O) groups is 2. The van der Waals surface area contributed by atoms with Crippen LogP contribution in [0.4, 0.5) is 0 Å². The van der Waals surface area contributed by atoms with Gasteiger partial charge in [0.1, 0.15) is 5.76 Å². The van der Waals surface area contributed by atoms with Gasteiger partial charge in [-0.15, -0.1) is 0 Å². The van der Waals surface area contributed by atoms with Crippen LogP contribution in [0, 0.1) is 0 Å². The van der Waals surface area contributed by atoms with Crippen molar-refractivity contribution in [2.24, 2.45) is 7.05 Å². The number of carbonyl (C=O) groups excluding carboxylic acids is 2. The molecule has 5 rings (SSSR count). The number of aromatic nitrogens is 1. The van der Waals surface area contributed by atoms with Gasteiger partial charge in [-0.05, 0) is 23.3 Å². The molecule has 0 aliphatic carbocycles. The van der Waals surface area contributed by atoms with Crippen LogP contribution in [0.3, 0.4) is 0 Å². The number of aliphatic hydroxyl groups is 1. The lowest BCUT2D eigenvalue weighted by atomic mass is 9.93. The number of ketones is 1. The number of fused-ring (bicyclic) bond motifs is 2. The Balaban J connectivity index is 1.78. The van der Waals surface area contributed by atoms with Gasteiger partial charge in [0.2, 0.25) is 0 Å². The van der Waals surface area contributed by atoms with E-state index < -0.39 is 17.7 Å². The van der Waals surface area contributed by atoms with Gasteiger partial charge in [0, 0.05) is 41.8 Å². The summed E-state index contributed by atoms with van der Waals surface area (Å²) in [5, 5.41) is 14.3. The van der Waals surface area contributed by atoms with Crippen LogP contribution < -0.4 is 0 Å². The maximum absolute atomic E-state index is 13.3. The molecule has 33 heavy (non-hydrogen) atoms. The number of Topliss-reactive ketones (excluding diaryl/α,β-unsaturated/α-hetero) is 1. The Morgan fingerprint density at radius 1 is 0.939 bits per heavy atom. The zero-order chi connectivity index (χ0) is 23.1. The standard InChI is InChI=1S/C28H26N2O3/c1-3-4-16-30-25(22-17-29(2)23-15-8-7-13-20(22)23)24(27(32)28(30)33)26(31)21-14-9-11-18-10-5-6-12-19(18)21/h5-15,17,25,31H,3-4,16H2,1-2H3/b26-24+. The number of nitrogens with zero attached hydrogens (tertiary/aromatic N) is 2. The number of hydrogen-bond donors (Lipinski definition) is 1. The molecule has 5 nitrogen and oxygen atoms in total. The topological polar surface area (TPSA) is 62.5 Å². The van der Waals surface area contributed by atoms with Crippen LogP contribution in [0.1, 0.15) is 36.9 Å². The van der Waals surface area contributed by atoms with Gasteiger partial charge >= 0.3 is 0 Å². The number of para-hydroxylation sites is 1. The average Bonchev–Trinajstić information content (AvgIpc) is 3.30. The maximum Gasteiger partial charge on any atom is 0.295 e. The zero-order valence-electron chi connectivity index (χ0n) is 18.8. The molecule has 1 N–H and O–H groups in total. The van der Waals surface area contributed by atoms with Crippen molar-refractivity contribution in [3.8, 4) is 0 Å². The summed E-state index contributed by atoms with van der Waals surface area (Å²) >= 11 is 0. The molecule has 1 aromatic heterocycles. The van der Waals surface area contributed by atoms with Gasteiger partial charge < -0.3 is 14.6 Å². The predicted octanol–water partition coefficient (Wildman–Crippen LogP) is 5.55. The van der Waals surface area contributed by atoms with Gasteiger partial charge in [0.25, 0.3) is 11.7 Å². The highest BCUT2D eigenvalue weighted by Crippen LogP contribution is 2.43. The highest BCUT2D eigenvalue weighted by molar-refractivity contribution is 6.46. The summed E-state index contributed by atoms with van der Waals surface area (Å²) in [6.45, 7) is 2.51. The van der Waals surface area contributed by atoms with Crippen LogP contribution in [0.2, 0.25) is 0 Å². The Labute approximate surface area is 192 Å². The highest BCUT2D eigenvalue weighted by atomic mass is 16.3. The van der Waals surface area contributed by atoms with E-state index in [1.807, 2.05) is 78.5 Å². The number of aryl methyl sites for hydroxylation is 1. The molecule has 1 aliphatic heterocycles. The number of hydrogen-bond acceptors (Lipinski definition) is 3. The van der Waals surface area contributed by atoms with Gasteiger partial charge in [-0.25, -0.2) is 0 Å². The first-order chi connectivity index (χ1) is 16.0. The molecule has 1 aliphatic rings. The maximum atomic E-state index is 13.3. The fourth-order valence-corrected chi connectivity index (χ4v) is 4.93. The van der Waals surface area contributed by atoms with Gasteiger partial charge in [-0.1, -0.05) is 74.0 Å². The van der Waals surface area contributed by atoms with Crippen LogP contribution in [0.15, 0.2) is 78.5 Å². The SMILES string of the molecule is CCCCN1C(=O)C(=O)/C(=C(/O)c2cccc3ccccc23)C1c1cn(C)c2ccccc12. The second-order valence-electron chi connectivity index (χ2n) is 8.59. The van der Waals surface area contributed by atoms with Crippen molar-refractivity contribution in [2.45, 2.75) is 25.8 Å². The zero-order valence-corrected chi connectivity index (χ0v) is 18.8. The lowest BCUT2D eigenvalue weighted by molar-refractivity contribution is -0.139. The van der Waals surface area contributed by atoms with Crippen LogP contribution >= 0.6 is 0 Å². The third-order valence-electron chi connectivity index (χ3n) is 6.56. The molecule has 1 saturated heterocycles.